The fourth-order valence-electron chi connectivity index (χ4n) is 2.86. The number of carbonyl (C=O) groups is 3. The van der Waals surface area contributed by atoms with Gasteiger partial charge < -0.3 is 0 Å². The van der Waals surface area contributed by atoms with E-state index in [9.17, 15) is 14.4 Å². The van der Waals surface area contributed by atoms with Crippen molar-refractivity contribution in [2.75, 3.05) is 4.90 Å². The molecule has 2 atom stereocenters. The maximum Gasteiger partial charge on any atom is 0.335 e. The molecule has 4 amide bonds. The minimum atomic E-state index is -1.14. The van der Waals surface area contributed by atoms with Crippen LogP contribution in [-0.4, -0.2) is 24.1 Å². The summed E-state index contributed by atoms with van der Waals surface area (Å²) in [6, 6.07) is 13.9. The van der Waals surface area contributed by atoms with Gasteiger partial charge in [-0.05, 0) is 49.6 Å². The molecule has 138 valence electrons. The summed E-state index contributed by atoms with van der Waals surface area (Å²) in [4.78, 5) is 42.6. The van der Waals surface area contributed by atoms with E-state index in [-0.39, 0.29) is 6.04 Å². The third kappa shape index (κ3) is 3.79. The highest BCUT2D eigenvalue weighted by Gasteiger charge is 2.40. The Hall–Kier alpha value is -3.28. The van der Waals surface area contributed by atoms with Crippen molar-refractivity contribution < 1.29 is 14.4 Å². The van der Waals surface area contributed by atoms with E-state index in [0.29, 0.717) is 5.69 Å². The Morgan fingerprint density at radius 2 is 1.74 bits per heavy atom. The van der Waals surface area contributed by atoms with Gasteiger partial charge in [-0.25, -0.2) is 9.69 Å². The summed E-state index contributed by atoms with van der Waals surface area (Å²) >= 11 is 0. The van der Waals surface area contributed by atoms with E-state index in [1.807, 2.05) is 57.2 Å². The second-order valence-electron chi connectivity index (χ2n) is 6.60. The van der Waals surface area contributed by atoms with E-state index in [1.165, 1.54) is 6.21 Å². The Balaban J connectivity index is 1.86. The van der Waals surface area contributed by atoms with E-state index >= 15 is 0 Å². The number of aryl methyl sites for hydroxylation is 2. The number of aliphatic imine (C=N–C) groups is 1. The van der Waals surface area contributed by atoms with Crippen molar-refractivity contribution in [2.24, 2.45) is 10.9 Å². The van der Waals surface area contributed by atoms with Crippen LogP contribution < -0.4 is 10.2 Å². The SMILES string of the molecule is Cc1ccc(N2C(=O)NC(=O)[C@@H](C=N[C@H](C)c3ccccc3)C2=O)cc1C. The fraction of sp³-hybridized carbons (Fsp3) is 0.238. The molecule has 6 nitrogen and oxygen atoms in total. The molecular formula is C21H21N3O3. The molecule has 0 unspecified atom stereocenters. The van der Waals surface area contributed by atoms with Gasteiger partial charge in [-0.1, -0.05) is 36.4 Å². The van der Waals surface area contributed by atoms with Crippen LogP contribution in [0.25, 0.3) is 0 Å². The van der Waals surface area contributed by atoms with Gasteiger partial charge in [0.1, 0.15) is 0 Å². The van der Waals surface area contributed by atoms with Gasteiger partial charge in [-0.15, -0.1) is 0 Å². The highest BCUT2D eigenvalue weighted by molar-refractivity contribution is 6.32. The Bertz CT molecular complexity index is 922. The lowest BCUT2D eigenvalue weighted by Gasteiger charge is -2.29. The molecule has 0 bridgehead atoms. The summed E-state index contributed by atoms with van der Waals surface area (Å²) in [7, 11) is 0. The standard InChI is InChI=1S/C21H21N3O3/c1-13-9-10-17(11-14(13)2)24-20(26)18(19(25)23-21(24)27)12-22-15(3)16-7-5-4-6-8-16/h4-12,15,18H,1-3H3,(H,23,25,27)/t15-,18-/m1/s1. The first kappa shape index (κ1) is 18.5. The van der Waals surface area contributed by atoms with Crippen LogP contribution in [0.4, 0.5) is 10.5 Å². The Labute approximate surface area is 157 Å². The van der Waals surface area contributed by atoms with Crippen LogP contribution in [0.3, 0.4) is 0 Å². The zero-order valence-electron chi connectivity index (χ0n) is 15.5. The molecule has 2 aromatic rings. The molecule has 1 aliphatic heterocycles. The highest BCUT2D eigenvalue weighted by atomic mass is 16.2. The van der Waals surface area contributed by atoms with Crippen molar-refractivity contribution in [3.63, 3.8) is 0 Å². The highest BCUT2D eigenvalue weighted by Crippen LogP contribution is 2.23. The monoisotopic (exact) mass is 363 g/mol. The van der Waals surface area contributed by atoms with Crippen molar-refractivity contribution in [2.45, 2.75) is 26.8 Å². The first-order valence-corrected chi connectivity index (χ1v) is 8.73. The molecule has 1 heterocycles. The van der Waals surface area contributed by atoms with Gasteiger partial charge in [-0.2, -0.15) is 0 Å². The summed E-state index contributed by atoms with van der Waals surface area (Å²) in [5.41, 5.74) is 3.41. The van der Waals surface area contributed by atoms with Crippen molar-refractivity contribution in [1.82, 2.24) is 5.32 Å². The zero-order valence-corrected chi connectivity index (χ0v) is 15.5. The predicted octanol–water partition coefficient (Wildman–Crippen LogP) is 3.33. The normalized spacial score (nSPS) is 18.7. The number of hydrogen-bond acceptors (Lipinski definition) is 4. The molecule has 0 aliphatic carbocycles. The molecule has 27 heavy (non-hydrogen) atoms. The quantitative estimate of drug-likeness (QED) is 0.668. The molecule has 3 rings (SSSR count). The Kier molecular flexibility index (Phi) is 5.16. The second-order valence-corrected chi connectivity index (χ2v) is 6.60. The first-order valence-electron chi connectivity index (χ1n) is 8.73. The molecule has 1 fully saturated rings. The lowest BCUT2D eigenvalue weighted by Crippen LogP contribution is -2.58. The maximum absolute atomic E-state index is 12.8. The molecule has 0 spiro atoms. The van der Waals surface area contributed by atoms with E-state index < -0.39 is 23.8 Å². The van der Waals surface area contributed by atoms with Crippen LogP contribution in [0, 0.1) is 19.8 Å². The maximum atomic E-state index is 12.8. The third-order valence-electron chi connectivity index (χ3n) is 4.69. The van der Waals surface area contributed by atoms with Gasteiger partial charge in [0.2, 0.25) is 5.91 Å². The average molecular weight is 363 g/mol. The molecule has 1 aliphatic rings. The van der Waals surface area contributed by atoms with E-state index in [2.05, 4.69) is 10.3 Å². The summed E-state index contributed by atoms with van der Waals surface area (Å²) in [5, 5.41) is 2.24. The number of rotatable bonds is 4. The number of barbiturate groups is 1. The average Bonchev–Trinajstić information content (AvgIpc) is 2.64. The third-order valence-corrected chi connectivity index (χ3v) is 4.69. The fourth-order valence-corrected chi connectivity index (χ4v) is 2.86. The van der Waals surface area contributed by atoms with Crippen molar-refractivity contribution >= 4 is 29.7 Å². The number of amides is 4. The number of carbonyl (C=O) groups excluding carboxylic acids is 3. The van der Waals surface area contributed by atoms with E-state index in [1.54, 1.807) is 12.1 Å². The number of imide groups is 2. The number of urea groups is 1. The van der Waals surface area contributed by atoms with Crippen LogP contribution in [0.2, 0.25) is 0 Å². The van der Waals surface area contributed by atoms with Crippen LogP contribution in [0.15, 0.2) is 53.5 Å². The van der Waals surface area contributed by atoms with E-state index in [4.69, 9.17) is 0 Å². The smallest absolute Gasteiger partial charge is 0.288 e. The summed E-state index contributed by atoms with van der Waals surface area (Å²) in [6.45, 7) is 5.72. The van der Waals surface area contributed by atoms with Crippen molar-refractivity contribution in [3.05, 3.63) is 65.2 Å². The predicted molar refractivity (Wildman–Crippen MR) is 104 cm³/mol. The van der Waals surface area contributed by atoms with Crippen molar-refractivity contribution in [1.29, 1.82) is 0 Å². The minimum Gasteiger partial charge on any atom is -0.288 e. The minimum absolute atomic E-state index is 0.209. The van der Waals surface area contributed by atoms with Crippen LogP contribution in [-0.2, 0) is 9.59 Å². The van der Waals surface area contributed by atoms with Crippen LogP contribution in [0.5, 0.6) is 0 Å². The number of nitrogens with zero attached hydrogens (tertiary/aromatic N) is 2. The topological polar surface area (TPSA) is 78.8 Å². The summed E-state index contributed by atoms with van der Waals surface area (Å²) in [6.07, 6.45) is 1.33. The van der Waals surface area contributed by atoms with E-state index in [0.717, 1.165) is 21.6 Å². The van der Waals surface area contributed by atoms with Gasteiger partial charge >= 0.3 is 6.03 Å². The molecule has 1 N–H and O–H groups in total. The number of nitrogens with one attached hydrogen (secondary N) is 1. The Morgan fingerprint density at radius 1 is 1.04 bits per heavy atom. The van der Waals surface area contributed by atoms with Gasteiger partial charge in [-0.3, -0.25) is 19.9 Å². The molecule has 0 radical (unpaired) electrons. The van der Waals surface area contributed by atoms with Crippen LogP contribution in [0.1, 0.15) is 29.7 Å². The van der Waals surface area contributed by atoms with Gasteiger partial charge in [0.05, 0.1) is 11.7 Å². The molecule has 6 heteroatoms. The van der Waals surface area contributed by atoms with Gasteiger partial charge in [0, 0.05) is 6.21 Å². The summed E-state index contributed by atoms with van der Waals surface area (Å²) < 4.78 is 0. The second kappa shape index (κ2) is 7.53. The number of hydrogen-bond donors (Lipinski definition) is 1. The Morgan fingerprint density at radius 3 is 2.41 bits per heavy atom. The lowest BCUT2D eigenvalue weighted by molar-refractivity contribution is -0.131. The molecule has 0 aromatic heterocycles. The molecular weight excluding hydrogens is 342 g/mol. The molecule has 1 saturated heterocycles. The first-order chi connectivity index (χ1) is 12.9. The van der Waals surface area contributed by atoms with Crippen LogP contribution >= 0.6 is 0 Å². The molecule has 0 saturated carbocycles. The molecule has 2 aromatic carbocycles. The number of anilines is 1. The lowest BCUT2D eigenvalue weighted by atomic mass is 10.0. The zero-order chi connectivity index (χ0) is 19.6. The summed E-state index contributed by atoms with van der Waals surface area (Å²) in [5.74, 6) is -2.40. The van der Waals surface area contributed by atoms with Gasteiger partial charge in [0.15, 0.2) is 5.92 Å². The number of benzene rings is 2. The largest absolute Gasteiger partial charge is 0.335 e. The van der Waals surface area contributed by atoms with Crippen molar-refractivity contribution in [3.8, 4) is 0 Å². The van der Waals surface area contributed by atoms with Gasteiger partial charge in [0.25, 0.3) is 5.91 Å².